The molecule has 7 heteroatoms. The van der Waals surface area contributed by atoms with Gasteiger partial charge in [0.2, 0.25) is 5.91 Å². The maximum atomic E-state index is 12.6. The van der Waals surface area contributed by atoms with Crippen molar-refractivity contribution in [1.29, 1.82) is 0 Å². The van der Waals surface area contributed by atoms with Crippen molar-refractivity contribution in [2.45, 2.75) is 27.2 Å². The molecular weight excluding hydrogens is 406 g/mol. The van der Waals surface area contributed by atoms with Crippen LogP contribution in [0.1, 0.15) is 36.0 Å². The number of rotatable bonds is 6. The Hall–Kier alpha value is -2.70. The van der Waals surface area contributed by atoms with Gasteiger partial charge in [0.1, 0.15) is 0 Å². The van der Waals surface area contributed by atoms with E-state index in [2.05, 4.69) is 22.5 Å². The van der Waals surface area contributed by atoms with Crippen molar-refractivity contribution >= 4 is 46.4 Å². The van der Waals surface area contributed by atoms with Crippen molar-refractivity contribution in [2.75, 3.05) is 10.6 Å². The van der Waals surface area contributed by atoms with E-state index in [9.17, 15) is 9.59 Å². The summed E-state index contributed by atoms with van der Waals surface area (Å²) in [5.74, 6) is -0.377. The molecule has 0 bridgehead atoms. The van der Waals surface area contributed by atoms with Crippen molar-refractivity contribution in [1.82, 2.24) is 4.98 Å². The molecule has 0 atom stereocenters. The first-order chi connectivity index (χ1) is 13.5. The molecule has 0 aliphatic carbocycles. The fourth-order valence-electron chi connectivity index (χ4n) is 2.63. The standard InChI is InChI=1S/C22H23N3O2S.ClH/c1-4-18-19(15-8-6-5-7-9-15)24-22(28-18)25-21(27)16-10-12-17(13-11-16)23-20(26)14(2)3;/h5-14H,4H2,1-3H3,(H,23,26)(H,24,25,27);1H. The molecule has 0 radical (unpaired) electrons. The van der Waals surface area contributed by atoms with E-state index in [1.54, 1.807) is 24.3 Å². The average molecular weight is 430 g/mol. The summed E-state index contributed by atoms with van der Waals surface area (Å²) in [6, 6.07) is 16.8. The van der Waals surface area contributed by atoms with Crippen molar-refractivity contribution < 1.29 is 9.59 Å². The van der Waals surface area contributed by atoms with Crippen LogP contribution in [-0.4, -0.2) is 16.8 Å². The smallest absolute Gasteiger partial charge is 0.257 e. The highest BCUT2D eigenvalue weighted by atomic mass is 35.5. The maximum absolute atomic E-state index is 12.6. The Kier molecular flexibility index (Phi) is 7.93. The van der Waals surface area contributed by atoms with Crippen molar-refractivity contribution in [3.05, 3.63) is 65.0 Å². The first kappa shape index (κ1) is 22.6. The number of nitrogens with zero attached hydrogens (tertiary/aromatic N) is 1. The minimum atomic E-state index is -0.224. The lowest BCUT2D eigenvalue weighted by Gasteiger charge is -2.08. The SMILES string of the molecule is CCc1sc(NC(=O)c2ccc(NC(=O)C(C)C)cc2)nc1-c1ccccc1.Cl. The zero-order valence-corrected chi connectivity index (χ0v) is 18.2. The molecule has 0 fully saturated rings. The van der Waals surface area contributed by atoms with Gasteiger partial charge in [-0.2, -0.15) is 0 Å². The summed E-state index contributed by atoms with van der Waals surface area (Å²) in [4.78, 5) is 30.1. The Morgan fingerprint density at radius 1 is 1.00 bits per heavy atom. The van der Waals surface area contributed by atoms with Crippen molar-refractivity contribution in [3.63, 3.8) is 0 Å². The predicted octanol–water partition coefficient (Wildman–Crippen LogP) is 5.64. The fourth-order valence-corrected chi connectivity index (χ4v) is 3.55. The number of benzene rings is 2. The molecule has 0 unspecified atom stereocenters. The van der Waals surface area contributed by atoms with Crippen LogP contribution in [0.15, 0.2) is 54.6 Å². The highest BCUT2D eigenvalue weighted by Gasteiger charge is 2.15. The third kappa shape index (κ3) is 5.65. The Morgan fingerprint density at radius 3 is 2.24 bits per heavy atom. The largest absolute Gasteiger partial charge is 0.326 e. The number of amides is 2. The molecule has 1 heterocycles. The van der Waals surface area contributed by atoms with Crippen LogP contribution in [0.5, 0.6) is 0 Å². The van der Waals surface area contributed by atoms with Gasteiger partial charge in [-0.1, -0.05) is 51.1 Å². The lowest BCUT2D eigenvalue weighted by molar-refractivity contribution is -0.118. The second kappa shape index (κ2) is 10.2. The van der Waals surface area contributed by atoms with Gasteiger partial charge in [-0.05, 0) is 30.7 Å². The zero-order valence-electron chi connectivity index (χ0n) is 16.6. The first-order valence-electron chi connectivity index (χ1n) is 9.25. The van der Waals surface area contributed by atoms with Gasteiger partial charge in [-0.3, -0.25) is 14.9 Å². The summed E-state index contributed by atoms with van der Waals surface area (Å²) in [5, 5.41) is 6.28. The molecule has 0 saturated carbocycles. The molecule has 5 nitrogen and oxygen atoms in total. The van der Waals surface area contributed by atoms with E-state index in [4.69, 9.17) is 0 Å². The Morgan fingerprint density at radius 2 is 1.66 bits per heavy atom. The van der Waals surface area contributed by atoms with E-state index in [0.717, 1.165) is 22.6 Å². The third-order valence-corrected chi connectivity index (χ3v) is 5.34. The van der Waals surface area contributed by atoms with E-state index in [-0.39, 0.29) is 30.1 Å². The molecule has 0 saturated heterocycles. The molecule has 2 aromatic carbocycles. The van der Waals surface area contributed by atoms with E-state index in [0.29, 0.717) is 16.4 Å². The summed E-state index contributed by atoms with van der Waals surface area (Å²) in [7, 11) is 0. The summed E-state index contributed by atoms with van der Waals surface area (Å²) < 4.78 is 0. The number of anilines is 2. The maximum Gasteiger partial charge on any atom is 0.257 e. The van der Waals surface area contributed by atoms with Crippen LogP contribution in [0.25, 0.3) is 11.3 Å². The van der Waals surface area contributed by atoms with Gasteiger partial charge in [-0.15, -0.1) is 23.7 Å². The van der Waals surface area contributed by atoms with Crippen LogP contribution in [0.4, 0.5) is 10.8 Å². The number of aryl methyl sites for hydroxylation is 1. The molecule has 2 amide bonds. The number of hydrogen-bond acceptors (Lipinski definition) is 4. The molecule has 0 aliphatic rings. The van der Waals surface area contributed by atoms with Gasteiger partial charge in [-0.25, -0.2) is 4.98 Å². The number of aromatic nitrogens is 1. The van der Waals surface area contributed by atoms with E-state index < -0.39 is 0 Å². The van der Waals surface area contributed by atoms with Gasteiger partial charge < -0.3 is 5.32 Å². The summed E-state index contributed by atoms with van der Waals surface area (Å²) in [6.45, 7) is 5.74. The number of carbonyl (C=O) groups excluding carboxylic acids is 2. The lowest BCUT2D eigenvalue weighted by Crippen LogP contribution is -2.18. The number of carbonyl (C=O) groups is 2. The minimum Gasteiger partial charge on any atom is -0.326 e. The normalized spacial score (nSPS) is 10.3. The molecule has 3 aromatic rings. The third-order valence-electron chi connectivity index (χ3n) is 4.23. The summed E-state index contributed by atoms with van der Waals surface area (Å²) in [5.41, 5.74) is 3.14. The van der Waals surface area contributed by atoms with Gasteiger partial charge in [0.05, 0.1) is 5.69 Å². The highest BCUT2D eigenvalue weighted by Crippen LogP contribution is 2.31. The number of hydrogen-bond donors (Lipinski definition) is 2. The Labute approximate surface area is 181 Å². The Balaban J connectivity index is 0.00000300. The Bertz CT molecular complexity index is 969. The minimum absolute atomic E-state index is 0. The van der Waals surface area contributed by atoms with Crippen LogP contribution >= 0.6 is 23.7 Å². The topological polar surface area (TPSA) is 71.1 Å². The van der Waals surface area contributed by atoms with Gasteiger partial charge in [0, 0.05) is 27.6 Å². The second-order valence-corrected chi connectivity index (χ2v) is 7.77. The average Bonchev–Trinajstić information content (AvgIpc) is 3.12. The number of halogens is 1. The van der Waals surface area contributed by atoms with Crippen LogP contribution in [0, 0.1) is 5.92 Å². The molecule has 0 aliphatic heterocycles. The zero-order chi connectivity index (χ0) is 20.1. The van der Waals surface area contributed by atoms with Gasteiger partial charge >= 0.3 is 0 Å². The monoisotopic (exact) mass is 429 g/mol. The number of thiazole rings is 1. The van der Waals surface area contributed by atoms with Crippen molar-refractivity contribution in [2.24, 2.45) is 5.92 Å². The second-order valence-electron chi connectivity index (χ2n) is 6.69. The number of nitrogens with one attached hydrogen (secondary N) is 2. The first-order valence-corrected chi connectivity index (χ1v) is 10.1. The van der Waals surface area contributed by atoms with Crippen LogP contribution < -0.4 is 10.6 Å². The van der Waals surface area contributed by atoms with Gasteiger partial charge in [0.25, 0.3) is 5.91 Å². The molecule has 0 spiro atoms. The summed E-state index contributed by atoms with van der Waals surface area (Å²) in [6.07, 6.45) is 0.849. The molecule has 152 valence electrons. The lowest BCUT2D eigenvalue weighted by atomic mass is 10.1. The van der Waals surface area contributed by atoms with Crippen LogP contribution in [0.3, 0.4) is 0 Å². The van der Waals surface area contributed by atoms with E-state index >= 15 is 0 Å². The van der Waals surface area contributed by atoms with Crippen LogP contribution in [0.2, 0.25) is 0 Å². The highest BCUT2D eigenvalue weighted by molar-refractivity contribution is 7.16. The van der Waals surface area contributed by atoms with Crippen LogP contribution in [-0.2, 0) is 11.2 Å². The molecule has 3 rings (SSSR count). The molecular formula is C22H24ClN3O2S. The van der Waals surface area contributed by atoms with Crippen molar-refractivity contribution in [3.8, 4) is 11.3 Å². The van der Waals surface area contributed by atoms with E-state index in [1.807, 2.05) is 44.2 Å². The van der Waals surface area contributed by atoms with E-state index in [1.165, 1.54) is 11.3 Å². The predicted molar refractivity (Wildman–Crippen MR) is 122 cm³/mol. The molecule has 2 N–H and O–H groups in total. The fraction of sp³-hybridized carbons (Fsp3) is 0.227. The summed E-state index contributed by atoms with van der Waals surface area (Å²) >= 11 is 1.49. The molecule has 29 heavy (non-hydrogen) atoms. The molecule has 1 aromatic heterocycles. The quantitative estimate of drug-likeness (QED) is 0.532. The van der Waals surface area contributed by atoms with Gasteiger partial charge in [0.15, 0.2) is 5.13 Å².